The summed E-state index contributed by atoms with van der Waals surface area (Å²) in [5, 5.41) is 3.18. The molecule has 0 amide bonds. The number of methoxy groups -OCH3 is 1. The summed E-state index contributed by atoms with van der Waals surface area (Å²) >= 11 is 0. The average Bonchev–Trinajstić information content (AvgIpc) is 2.37. The maximum Gasteiger partial charge on any atom is 0.327 e. The van der Waals surface area contributed by atoms with Gasteiger partial charge in [-0.05, 0) is 36.6 Å². The molecule has 1 aromatic rings. The summed E-state index contributed by atoms with van der Waals surface area (Å²) in [5.41, 5.74) is 2.15. The summed E-state index contributed by atoms with van der Waals surface area (Å²) in [4.78, 5) is 11.8. The molecule has 0 bridgehead atoms. The molecule has 1 unspecified atom stereocenters. The molecule has 0 aliphatic carbocycles. The Bertz CT molecular complexity index is 417. The average molecular weight is 235 g/mol. The van der Waals surface area contributed by atoms with E-state index in [1.54, 1.807) is 7.11 Å². The Hall–Kier alpha value is -1.55. The molecule has 0 saturated carbocycles. The fourth-order valence-corrected chi connectivity index (χ4v) is 2.10. The minimum Gasteiger partial charge on any atom is -0.497 e. The molecule has 1 aromatic carbocycles. The number of fused-ring (bicyclic) bond motifs is 1. The molecule has 4 nitrogen and oxygen atoms in total. The molecule has 0 aromatic heterocycles. The molecule has 2 rings (SSSR count). The molecule has 1 aliphatic heterocycles. The van der Waals surface area contributed by atoms with Gasteiger partial charge in [-0.15, -0.1) is 0 Å². The number of nitrogens with one attached hydrogen (secondary N) is 1. The van der Waals surface area contributed by atoms with Gasteiger partial charge in [0, 0.05) is 6.54 Å². The van der Waals surface area contributed by atoms with E-state index >= 15 is 0 Å². The topological polar surface area (TPSA) is 47.6 Å². The monoisotopic (exact) mass is 235 g/mol. The lowest BCUT2D eigenvalue weighted by Crippen LogP contribution is -2.36. The maximum absolute atomic E-state index is 11.8. The second kappa shape index (κ2) is 5.19. The molecule has 92 valence electrons. The van der Waals surface area contributed by atoms with Gasteiger partial charge >= 0.3 is 5.97 Å². The number of carbonyl (C=O) groups excluding carboxylic acids is 1. The summed E-state index contributed by atoms with van der Waals surface area (Å²) in [6.45, 7) is 3.00. The summed E-state index contributed by atoms with van der Waals surface area (Å²) < 4.78 is 10.2. The van der Waals surface area contributed by atoms with E-state index in [1.807, 2.05) is 25.1 Å². The van der Waals surface area contributed by atoms with Crippen molar-refractivity contribution in [2.24, 2.45) is 0 Å². The van der Waals surface area contributed by atoms with Crippen LogP contribution in [-0.4, -0.2) is 26.2 Å². The van der Waals surface area contributed by atoms with Gasteiger partial charge < -0.3 is 14.8 Å². The van der Waals surface area contributed by atoms with E-state index in [1.165, 1.54) is 0 Å². The van der Waals surface area contributed by atoms with Crippen LogP contribution in [0.5, 0.6) is 5.75 Å². The SMILES string of the molecule is CCOC(=O)C1NCCc2cc(OC)ccc21. The maximum atomic E-state index is 11.8. The summed E-state index contributed by atoms with van der Waals surface area (Å²) in [7, 11) is 1.64. The highest BCUT2D eigenvalue weighted by Crippen LogP contribution is 2.27. The van der Waals surface area contributed by atoms with Gasteiger partial charge in [0.15, 0.2) is 0 Å². The lowest BCUT2D eigenvalue weighted by atomic mass is 9.94. The minimum atomic E-state index is -0.343. The highest BCUT2D eigenvalue weighted by Gasteiger charge is 2.27. The van der Waals surface area contributed by atoms with E-state index < -0.39 is 0 Å². The van der Waals surface area contributed by atoms with Crippen LogP contribution in [0.2, 0.25) is 0 Å². The van der Waals surface area contributed by atoms with Crippen molar-refractivity contribution in [2.75, 3.05) is 20.3 Å². The number of carbonyl (C=O) groups is 1. The van der Waals surface area contributed by atoms with Crippen LogP contribution in [0.3, 0.4) is 0 Å². The van der Waals surface area contributed by atoms with E-state index in [4.69, 9.17) is 9.47 Å². The molecule has 4 heteroatoms. The van der Waals surface area contributed by atoms with Crippen molar-refractivity contribution in [3.05, 3.63) is 29.3 Å². The van der Waals surface area contributed by atoms with Crippen LogP contribution in [0, 0.1) is 0 Å². The second-order valence-electron chi connectivity index (χ2n) is 3.95. The van der Waals surface area contributed by atoms with Crippen LogP contribution in [0.1, 0.15) is 24.1 Å². The van der Waals surface area contributed by atoms with Crippen LogP contribution in [0.25, 0.3) is 0 Å². The Labute approximate surface area is 101 Å². The van der Waals surface area contributed by atoms with Gasteiger partial charge in [0.05, 0.1) is 13.7 Å². The molecule has 0 spiro atoms. The number of esters is 1. The van der Waals surface area contributed by atoms with Gasteiger partial charge in [0.2, 0.25) is 0 Å². The van der Waals surface area contributed by atoms with Crippen molar-refractivity contribution in [1.29, 1.82) is 0 Å². The first-order chi connectivity index (χ1) is 8.26. The van der Waals surface area contributed by atoms with Crippen molar-refractivity contribution < 1.29 is 14.3 Å². The van der Waals surface area contributed by atoms with Crippen molar-refractivity contribution in [2.45, 2.75) is 19.4 Å². The molecule has 17 heavy (non-hydrogen) atoms. The molecule has 0 saturated heterocycles. The third-order valence-electron chi connectivity index (χ3n) is 2.93. The molecular weight excluding hydrogens is 218 g/mol. The molecule has 1 aliphatic rings. The van der Waals surface area contributed by atoms with Gasteiger partial charge in [-0.1, -0.05) is 6.07 Å². The Morgan fingerprint density at radius 3 is 3.06 bits per heavy atom. The van der Waals surface area contributed by atoms with Crippen LogP contribution >= 0.6 is 0 Å². The quantitative estimate of drug-likeness (QED) is 0.805. The van der Waals surface area contributed by atoms with E-state index in [-0.39, 0.29) is 12.0 Å². The zero-order valence-electron chi connectivity index (χ0n) is 10.2. The smallest absolute Gasteiger partial charge is 0.327 e. The van der Waals surface area contributed by atoms with Gasteiger partial charge in [-0.2, -0.15) is 0 Å². The lowest BCUT2D eigenvalue weighted by molar-refractivity contribution is -0.146. The predicted octanol–water partition coefficient (Wildman–Crippen LogP) is 1.45. The van der Waals surface area contributed by atoms with Crippen LogP contribution in [-0.2, 0) is 16.0 Å². The normalized spacial score (nSPS) is 18.4. The minimum absolute atomic E-state index is 0.210. The molecule has 1 atom stereocenters. The van der Waals surface area contributed by atoms with E-state index in [0.717, 1.165) is 29.8 Å². The first-order valence-corrected chi connectivity index (χ1v) is 5.83. The molecular formula is C13H17NO3. The van der Waals surface area contributed by atoms with Gasteiger partial charge in [0.25, 0.3) is 0 Å². The molecule has 0 fully saturated rings. The fourth-order valence-electron chi connectivity index (χ4n) is 2.10. The Kier molecular flexibility index (Phi) is 3.64. The number of hydrogen-bond donors (Lipinski definition) is 1. The van der Waals surface area contributed by atoms with Crippen LogP contribution in [0.15, 0.2) is 18.2 Å². The van der Waals surface area contributed by atoms with Gasteiger partial charge in [-0.3, -0.25) is 0 Å². The van der Waals surface area contributed by atoms with Crippen LogP contribution in [0.4, 0.5) is 0 Å². The number of hydrogen-bond acceptors (Lipinski definition) is 4. The zero-order valence-corrected chi connectivity index (χ0v) is 10.2. The Morgan fingerprint density at radius 1 is 1.53 bits per heavy atom. The Balaban J connectivity index is 2.28. The van der Waals surface area contributed by atoms with Crippen molar-refractivity contribution in [3.63, 3.8) is 0 Å². The summed E-state index contributed by atoms with van der Waals surface area (Å²) in [6, 6.07) is 5.45. The fraction of sp³-hybridized carbons (Fsp3) is 0.462. The van der Waals surface area contributed by atoms with E-state index in [9.17, 15) is 4.79 Å². The first kappa shape index (κ1) is 11.9. The van der Waals surface area contributed by atoms with Crippen molar-refractivity contribution in [1.82, 2.24) is 5.32 Å². The summed E-state index contributed by atoms with van der Waals surface area (Å²) in [5.74, 6) is 0.617. The molecule has 0 radical (unpaired) electrons. The molecule has 1 heterocycles. The number of ether oxygens (including phenoxy) is 2. The Morgan fingerprint density at radius 2 is 2.35 bits per heavy atom. The number of rotatable bonds is 3. The van der Waals surface area contributed by atoms with E-state index in [0.29, 0.717) is 6.61 Å². The third-order valence-corrected chi connectivity index (χ3v) is 2.93. The highest BCUT2D eigenvalue weighted by molar-refractivity contribution is 5.78. The van der Waals surface area contributed by atoms with Crippen molar-refractivity contribution in [3.8, 4) is 5.75 Å². The first-order valence-electron chi connectivity index (χ1n) is 5.83. The van der Waals surface area contributed by atoms with Gasteiger partial charge in [-0.25, -0.2) is 4.79 Å². The largest absolute Gasteiger partial charge is 0.497 e. The standard InChI is InChI=1S/C13H17NO3/c1-3-17-13(15)12-11-5-4-10(16-2)8-9(11)6-7-14-12/h4-5,8,12,14H,3,6-7H2,1-2H3. The number of benzene rings is 1. The third kappa shape index (κ3) is 2.42. The second-order valence-corrected chi connectivity index (χ2v) is 3.95. The lowest BCUT2D eigenvalue weighted by Gasteiger charge is -2.25. The van der Waals surface area contributed by atoms with Crippen molar-refractivity contribution >= 4 is 5.97 Å². The van der Waals surface area contributed by atoms with E-state index in [2.05, 4.69) is 5.32 Å². The summed E-state index contributed by atoms with van der Waals surface area (Å²) in [6.07, 6.45) is 0.905. The highest BCUT2D eigenvalue weighted by atomic mass is 16.5. The van der Waals surface area contributed by atoms with Crippen LogP contribution < -0.4 is 10.1 Å². The molecule has 1 N–H and O–H groups in total. The predicted molar refractivity (Wildman–Crippen MR) is 64.1 cm³/mol. The zero-order chi connectivity index (χ0) is 12.3. The van der Waals surface area contributed by atoms with Gasteiger partial charge in [0.1, 0.15) is 11.8 Å².